The molecule has 0 aromatic heterocycles. The summed E-state index contributed by atoms with van der Waals surface area (Å²) in [5.74, 6) is 0.352. The van der Waals surface area contributed by atoms with Crippen molar-refractivity contribution < 1.29 is 14.6 Å². The van der Waals surface area contributed by atoms with E-state index in [1.165, 1.54) is 12.8 Å². The van der Waals surface area contributed by atoms with Crippen molar-refractivity contribution >= 4 is 29.1 Å². The standard InChI is InChI=1S/C15H19Cl2NO3/c1-9(21-8-10-5-6-10)15(20)18-7-13(19)14-11(16)3-2-4-12(14)17/h2-4,9-10,13,19H,5-8H2,1H3,(H,18,20)/t9-,13+/m0/s1. The smallest absolute Gasteiger partial charge is 0.248 e. The number of carbonyl (C=O) groups excluding carboxylic acids is 1. The lowest BCUT2D eigenvalue weighted by Gasteiger charge is -2.17. The molecule has 1 aliphatic rings. The fraction of sp³-hybridized carbons (Fsp3) is 0.533. The van der Waals surface area contributed by atoms with E-state index in [-0.39, 0.29) is 12.5 Å². The molecule has 116 valence electrons. The van der Waals surface area contributed by atoms with Gasteiger partial charge in [-0.3, -0.25) is 4.79 Å². The van der Waals surface area contributed by atoms with E-state index in [1.807, 2.05) is 0 Å². The van der Waals surface area contributed by atoms with Crippen molar-refractivity contribution in [3.8, 4) is 0 Å². The van der Waals surface area contributed by atoms with Crippen molar-refractivity contribution in [2.75, 3.05) is 13.2 Å². The Morgan fingerprint density at radius 2 is 2.05 bits per heavy atom. The highest BCUT2D eigenvalue weighted by Crippen LogP contribution is 2.30. The minimum Gasteiger partial charge on any atom is -0.386 e. The number of carbonyl (C=O) groups is 1. The van der Waals surface area contributed by atoms with Crippen LogP contribution in [0.4, 0.5) is 0 Å². The zero-order valence-corrected chi connectivity index (χ0v) is 13.3. The average molecular weight is 332 g/mol. The molecule has 1 fully saturated rings. The Kier molecular flexibility index (Phi) is 5.88. The first-order valence-corrected chi connectivity index (χ1v) is 7.76. The predicted octanol–water partition coefficient (Wildman–Crippen LogP) is 2.96. The lowest BCUT2D eigenvalue weighted by molar-refractivity contribution is -0.132. The van der Waals surface area contributed by atoms with Crippen molar-refractivity contribution in [2.24, 2.45) is 5.92 Å². The number of hydrogen-bond acceptors (Lipinski definition) is 3. The van der Waals surface area contributed by atoms with Crippen LogP contribution in [0.3, 0.4) is 0 Å². The first-order valence-electron chi connectivity index (χ1n) is 7.00. The lowest BCUT2D eigenvalue weighted by atomic mass is 10.1. The molecular weight excluding hydrogens is 313 g/mol. The van der Waals surface area contributed by atoms with Crippen molar-refractivity contribution in [3.05, 3.63) is 33.8 Å². The molecule has 0 bridgehead atoms. The number of nitrogens with one attached hydrogen (secondary N) is 1. The average Bonchev–Trinajstić information content (AvgIpc) is 3.26. The van der Waals surface area contributed by atoms with E-state index in [0.717, 1.165) is 0 Å². The van der Waals surface area contributed by atoms with Crippen LogP contribution in [0.15, 0.2) is 18.2 Å². The third-order valence-electron chi connectivity index (χ3n) is 3.45. The van der Waals surface area contributed by atoms with Gasteiger partial charge in [-0.25, -0.2) is 0 Å². The summed E-state index contributed by atoms with van der Waals surface area (Å²) in [4.78, 5) is 11.9. The minimum absolute atomic E-state index is 0.0411. The molecule has 0 spiro atoms. The van der Waals surface area contributed by atoms with Gasteiger partial charge in [0, 0.05) is 22.2 Å². The van der Waals surface area contributed by atoms with Crippen LogP contribution in [0, 0.1) is 5.92 Å². The fourth-order valence-corrected chi connectivity index (χ4v) is 2.56. The lowest BCUT2D eigenvalue weighted by Crippen LogP contribution is -2.37. The molecule has 21 heavy (non-hydrogen) atoms. The summed E-state index contributed by atoms with van der Waals surface area (Å²) in [5, 5.41) is 13.5. The summed E-state index contributed by atoms with van der Waals surface area (Å²) in [6.07, 6.45) is 0.876. The molecule has 1 aromatic carbocycles. The third kappa shape index (κ3) is 4.85. The van der Waals surface area contributed by atoms with Gasteiger partial charge in [0.15, 0.2) is 0 Å². The second-order valence-electron chi connectivity index (χ2n) is 5.32. The predicted molar refractivity (Wildman–Crippen MR) is 82.6 cm³/mol. The minimum atomic E-state index is -0.953. The molecule has 6 heteroatoms. The summed E-state index contributed by atoms with van der Waals surface area (Å²) in [6, 6.07) is 5.00. The number of ether oxygens (including phenoxy) is 1. The van der Waals surface area contributed by atoms with Gasteiger partial charge < -0.3 is 15.2 Å². The Hall–Kier alpha value is -0.810. The Balaban J connectivity index is 1.82. The van der Waals surface area contributed by atoms with Gasteiger partial charge >= 0.3 is 0 Å². The number of halogens is 2. The van der Waals surface area contributed by atoms with Gasteiger partial charge in [0.05, 0.1) is 12.7 Å². The maximum atomic E-state index is 11.9. The molecule has 2 rings (SSSR count). The Labute approximate surface area is 134 Å². The van der Waals surface area contributed by atoms with Crippen LogP contribution >= 0.6 is 23.2 Å². The van der Waals surface area contributed by atoms with E-state index < -0.39 is 12.2 Å². The molecule has 2 atom stereocenters. The summed E-state index contributed by atoms with van der Waals surface area (Å²) in [6.45, 7) is 2.36. The molecule has 0 heterocycles. The van der Waals surface area contributed by atoms with E-state index in [2.05, 4.69) is 5.32 Å². The highest BCUT2D eigenvalue weighted by atomic mass is 35.5. The molecule has 0 saturated heterocycles. The number of amides is 1. The highest BCUT2D eigenvalue weighted by molar-refractivity contribution is 6.36. The number of benzene rings is 1. The molecule has 0 unspecified atom stereocenters. The van der Waals surface area contributed by atoms with Gasteiger partial charge in [0.2, 0.25) is 5.91 Å². The third-order valence-corrected chi connectivity index (χ3v) is 4.11. The monoisotopic (exact) mass is 331 g/mol. The van der Waals surface area contributed by atoms with Gasteiger partial charge in [-0.1, -0.05) is 29.3 Å². The second-order valence-corrected chi connectivity index (χ2v) is 6.13. The molecule has 4 nitrogen and oxygen atoms in total. The summed E-state index contributed by atoms with van der Waals surface area (Å²) in [7, 11) is 0. The normalized spacial score (nSPS) is 17.3. The van der Waals surface area contributed by atoms with E-state index in [9.17, 15) is 9.90 Å². The van der Waals surface area contributed by atoms with Crippen LogP contribution in [0.2, 0.25) is 10.0 Å². The van der Waals surface area contributed by atoms with Crippen molar-refractivity contribution in [3.63, 3.8) is 0 Å². The van der Waals surface area contributed by atoms with Crippen molar-refractivity contribution in [1.82, 2.24) is 5.32 Å². The van der Waals surface area contributed by atoms with Crippen molar-refractivity contribution in [1.29, 1.82) is 0 Å². The maximum Gasteiger partial charge on any atom is 0.248 e. The quantitative estimate of drug-likeness (QED) is 0.807. The first kappa shape index (κ1) is 16.6. The maximum absolute atomic E-state index is 11.9. The van der Waals surface area contributed by atoms with Crippen LogP contribution in [-0.4, -0.2) is 30.3 Å². The zero-order valence-electron chi connectivity index (χ0n) is 11.8. The van der Waals surface area contributed by atoms with Gasteiger partial charge in [-0.2, -0.15) is 0 Å². The molecule has 0 aliphatic heterocycles. The Morgan fingerprint density at radius 1 is 1.43 bits per heavy atom. The van der Waals surface area contributed by atoms with Crippen LogP contribution in [0.5, 0.6) is 0 Å². The number of aliphatic hydroxyl groups is 1. The van der Waals surface area contributed by atoms with E-state index >= 15 is 0 Å². The topological polar surface area (TPSA) is 58.6 Å². The van der Waals surface area contributed by atoms with Gasteiger partial charge in [0.25, 0.3) is 0 Å². The van der Waals surface area contributed by atoms with E-state index in [0.29, 0.717) is 28.1 Å². The zero-order chi connectivity index (χ0) is 15.4. The van der Waals surface area contributed by atoms with Gasteiger partial charge in [-0.05, 0) is 37.8 Å². The SMILES string of the molecule is C[C@H](OCC1CC1)C(=O)NC[C@@H](O)c1c(Cl)cccc1Cl. The molecule has 2 N–H and O–H groups in total. The first-order chi connectivity index (χ1) is 9.99. The molecule has 0 radical (unpaired) electrons. The molecule has 1 amide bonds. The van der Waals surface area contributed by atoms with Gasteiger partial charge in [0.1, 0.15) is 6.10 Å². The number of hydrogen-bond donors (Lipinski definition) is 2. The fourth-order valence-electron chi connectivity index (χ4n) is 1.91. The number of rotatable bonds is 7. The van der Waals surface area contributed by atoms with Crippen LogP contribution < -0.4 is 5.32 Å². The Morgan fingerprint density at radius 3 is 2.62 bits per heavy atom. The molecule has 1 aromatic rings. The summed E-state index contributed by atoms with van der Waals surface area (Å²) in [5.41, 5.74) is 0.424. The molecule has 1 aliphatic carbocycles. The summed E-state index contributed by atoms with van der Waals surface area (Å²) >= 11 is 12.0. The van der Waals surface area contributed by atoms with Gasteiger partial charge in [-0.15, -0.1) is 0 Å². The molecular formula is C15H19Cl2NO3. The molecule has 1 saturated carbocycles. The largest absolute Gasteiger partial charge is 0.386 e. The van der Waals surface area contributed by atoms with E-state index in [4.69, 9.17) is 27.9 Å². The van der Waals surface area contributed by atoms with Crippen LogP contribution in [0.25, 0.3) is 0 Å². The van der Waals surface area contributed by atoms with Crippen molar-refractivity contribution in [2.45, 2.75) is 32.0 Å². The highest BCUT2D eigenvalue weighted by Gasteiger charge is 2.24. The second kappa shape index (κ2) is 7.45. The number of aliphatic hydroxyl groups excluding tert-OH is 1. The summed E-state index contributed by atoms with van der Waals surface area (Å²) < 4.78 is 5.47. The Bertz CT molecular complexity index is 485. The van der Waals surface area contributed by atoms with E-state index in [1.54, 1.807) is 25.1 Å². The van der Waals surface area contributed by atoms with Crippen LogP contribution in [0.1, 0.15) is 31.4 Å². The van der Waals surface area contributed by atoms with Crippen LogP contribution in [-0.2, 0) is 9.53 Å².